The van der Waals surface area contributed by atoms with E-state index >= 15 is 0 Å². The zero-order chi connectivity index (χ0) is 12.8. The van der Waals surface area contributed by atoms with Crippen molar-refractivity contribution in [2.24, 2.45) is 0 Å². The van der Waals surface area contributed by atoms with Crippen LogP contribution in [0, 0.1) is 0 Å². The summed E-state index contributed by atoms with van der Waals surface area (Å²) in [7, 11) is 0. The van der Waals surface area contributed by atoms with Crippen molar-refractivity contribution in [1.29, 1.82) is 0 Å². The van der Waals surface area contributed by atoms with Crippen molar-refractivity contribution in [3.05, 3.63) is 42.4 Å². The first-order valence-corrected chi connectivity index (χ1v) is 5.88. The van der Waals surface area contributed by atoms with E-state index in [1.807, 2.05) is 38.1 Å². The lowest BCUT2D eigenvalue weighted by Crippen LogP contribution is -2.10. The van der Waals surface area contributed by atoms with E-state index in [4.69, 9.17) is 4.74 Å². The summed E-state index contributed by atoms with van der Waals surface area (Å²) in [5, 5.41) is 11.0. The Morgan fingerprint density at radius 2 is 2.06 bits per heavy atom. The molecule has 0 spiro atoms. The molecule has 1 N–H and O–H groups in total. The van der Waals surface area contributed by atoms with E-state index in [0.29, 0.717) is 6.54 Å². The Morgan fingerprint density at radius 1 is 1.22 bits per heavy atom. The molecule has 0 unspecified atom stereocenters. The Labute approximate surface area is 106 Å². The van der Waals surface area contributed by atoms with Crippen LogP contribution in [0.25, 0.3) is 0 Å². The van der Waals surface area contributed by atoms with Crippen LogP contribution in [0.15, 0.2) is 36.7 Å². The third kappa shape index (κ3) is 3.41. The molecule has 0 aliphatic carbocycles. The van der Waals surface area contributed by atoms with Gasteiger partial charge in [0, 0.05) is 12.4 Å². The normalized spacial score (nSPS) is 10.4. The van der Waals surface area contributed by atoms with E-state index in [9.17, 15) is 0 Å². The molecule has 0 aromatic carbocycles. The number of rotatable bonds is 5. The standard InChI is InChI=1S/C13H16N4O/c1-10(2)18-12-6-4-7-14-13(12)15-9-11-5-3-8-16-17-11/h3-8,10H,9H2,1-2H3,(H,14,15). The number of hydrogen-bond donors (Lipinski definition) is 1. The number of anilines is 1. The van der Waals surface area contributed by atoms with Crippen LogP contribution in [0.2, 0.25) is 0 Å². The van der Waals surface area contributed by atoms with Gasteiger partial charge in [0.25, 0.3) is 0 Å². The molecule has 2 heterocycles. The first-order valence-electron chi connectivity index (χ1n) is 5.88. The van der Waals surface area contributed by atoms with Crippen LogP contribution < -0.4 is 10.1 Å². The smallest absolute Gasteiger partial charge is 0.169 e. The average molecular weight is 244 g/mol. The molecule has 2 rings (SSSR count). The van der Waals surface area contributed by atoms with Gasteiger partial charge in [0.05, 0.1) is 18.3 Å². The molecule has 94 valence electrons. The average Bonchev–Trinajstić information content (AvgIpc) is 2.38. The Balaban J connectivity index is 2.05. The van der Waals surface area contributed by atoms with Crippen molar-refractivity contribution >= 4 is 5.82 Å². The molecular weight excluding hydrogens is 228 g/mol. The van der Waals surface area contributed by atoms with Crippen molar-refractivity contribution in [1.82, 2.24) is 15.2 Å². The topological polar surface area (TPSA) is 59.9 Å². The van der Waals surface area contributed by atoms with E-state index in [0.717, 1.165) is 17.3 Å². The van der Waals surface area contributed by atoms with Crippen LogP contribution in [0.1, 0.15) is 19.5 Å². The van der Waals surface area contributed by atoms with Crippen LogP contribution in [0.3, 0.4) is 0 Å². The zero-order valence-corrected chi connectivity index (χ0v) is 10.5. The van der Waals surface area contributed by atoms with Crippen LogP contribution in [-0.4, -0.2) is 21.3 Å². The molecular formula is C13H16N4O. The molecule has 0 fully saturated rings. The van der Waals surface area contributed by atoms with Gasteiger partial charge in [0.1, 0.15) is 0 Å². The monoisotopic (exact) mass is 244 g/mol. The van der Waals surface area contributed by atoms with E-state index in [-0.39, 0.29) is 6.10 Å². The zero-order valence-electron chi connectivity index (χ0n) is 10.5. The summed E-state index contributed by atoms with van der Waals surface area (Å²) >= 11 is 0. The Hall–Kier alpha value is -2.17. The highest BCUT2D eigenvalue weighted by Crippen LogP contribution is 2.22. The van der Waals surface area contributed by atoms with Crippen LogP contribution in [0.5, 0.6) is 5.75 Å². The van der Waals surface area contributed by atoms with Gasteiger partial charge >= 0.3 is 0 Å². The van der Waals surface area contributed by atoms with E-state index in [1.54, 1.807) is 12.4 Å². The summed E-state index contributed by atoms with van der Waals surface area (Å²) in [6, 6.07) is 7.51. The predicted octanol–water partition coefficient (Wildman–Crippen LogP) is 2.27. The van der Waals surface area contributed by atoms with E-state index in [2.05, 4.69) is 20.5 Å². The SMILES string of the molecule is CC(C)Oc1cccnc1NCc1cccnn1. The lowest BCUT2D eigenvalue weighted by Gasteiger charge is -2.13. The molecule has 2 aromatic heterocycles. The fourth-order valence-electron chi connectivity index (χ4n) is 1.47. The van der Waals surface area contributed by atoms with Gasteiger partial charge < -0.3 is 10.1 Å². The Morgan fingerprint density at radius 3 is 2.78 bits per heavy atom. The van der Waals surface area contributed by atoms with Crippen molar-refractivity contribution in [3.63, 3.8) is 0 Å². The number of hydrogen-bond acceptors (Lipinski definition) is 5. The largest absolute Gasteiger partial charge is 0.487 e. The van der Waals surface area contributed by atoms with Crippen LogP contribution in [-0.2, 0) is 6.54 Å². The molecule has 0 saturated heterocycles. The molecule has 0 aliphatic heterocycles. The fourth-order valence-corrected chi connectivity index (χ4v) is 1.47. The van der Waals surface area contributed by atoms with Gasteiger partial charge in [-0.15, -0.1) is 0 Å². The highest BCUT2D eigenvalue weighted by molar-refractivity contribution is 5.49. The van der Waals surface area contributed by atoms with Gasteiger partial charge in [0.15, 0.2) is 11.6 Å². The summed E-state index contributed by atoms with van der Waals surface area (Å²) in [4.78, 5) is 4.26. The van der Waals surface area contributed by atoms with Gasteiger partial charge in [-0.3, -0.25) is 0 Å². The van der Waals surface area contributed by atoms with Gasteiger partial charge in [0.2, 0.25) is 0 Å². The number of nitrogens with zero attached hydrogens (tertiary/aromatic N) is 3. The first kappa shape index (κ1) is 12.3. The van der Waals surface area contributed by atoms with Crippen LogP contribution >= 0.6 is 0 Å². The van der Waals surface area contributed by atoms with Crippen LogP contribution in [0.4, 0.5) is 5.82 Å². The van der Waals surface area contributed by atoms with Gasteiger partial charge in [-0.25, -0.2) is 4.98 Å². The highest BCUT2D eigenvalue weighted by atomic mass is 16.5. The second-order valence-corrected chi connectivity index (χ2v) is 4.09. The van der Waals surface area contributed by atoms with Crippen molar-refractivity contribution in [2.45, 2.75) is 26.5 Å². The second-order valence-electron chi connectivity index (χ2n) is 4.09. The second kappa shape index (κ2) is 5.95. The molecule has 0 bridgehead atoms. The quantitative estimate of drug-likeness (QED) is 0.874. The predicted molar refractivity (Wildman–Crippen MR) is 69.4 cm³/mol. The summed E-state index contributed by atoms with van der Waals surface area (Å²) in [6.45, 7) is 4.54. The van der Waals surface area contributed by atoms with Gasteiger partial charge in [-0.1, -0.05) is 0 Å². The van der Waals surface area contributed by atoms with Crippen molar-refractivity contribution in [2.75, 3.05) is 5.32 Å². The summed E-state index contributed by atoms with van der Waals surface area (Å²) in [5.41, 5.74) is 0.860. The minimum Gasteiger partial charge on any atom is -0.487 e. The molecule has 18 heavy (non-hydrogen) atoms. The number of pyridine rings is 1. The molecule has 2 aromatic rings. The Bertz CT molecular complexity index is 487. The Kier molecular flexibility index (Phi) is 4.06. The van der Waals surface area contributed by atoms with Crippen molar-refractivity contribution in [3.8, 4) is 5.75 Å². The summed E-state index contributed by atoms with van der Waals surface area (Å²) in [6.07, 6.45) is 3.50. The molecule has 5 nitrogen and oxygen atoms in total. The third-order valence-corrected chi connectivity index (χ3v) is 2.20. The van der Waals surface area contributed by atoms with E-state index < -0.39 is 0 Å². The summed E-state index contributed by atoms with van der Waals surface area (Å²) in [5.74, 6) is 1.47. The summed E-state index contributed by atoms with van der Waals surface area (Å²) < 4.78 is 5.67. The highest BCUT2D eigenvalue weighted by Gasteiger charge is 2.06. The molecule has 0 aliphatic rings. The molecule has 0 amide bonds. The maximum Gasteiger partial charge on any atom is 0.169 e. The van der Waals surface area contributed by atoms with Gasteiger partial charge in [-0.2, -0.15) is 10.2 Å². The molecule has 5 heteroatoms. The number of aromatic nitrogens is 3. The lowest BCUT2D eigenvalue weighted by atomic mass is 10.3. The minimum absolute atomic E-state index is 0.117. The first-order chi connectivity index (χ1) is 8.75. The molecule has 0 saturated carbocycles. The number of nitrogens with one attached hydrogen (secondary N) is 1. The van der Waals surface area contributed by atoms with Gasteiger partial charge in [-0.05, 0) is 38.1 Å². The lowest BCUT2D eigenvalue weighted by molar-refractivity contribution is 0.243. The molecule has 0 radical (unpaired) electrons. The molecule has 0 atom stereocenters. The number of ether oxygens (including phenoxy) is 1. The van der Waals surface area contributed by atoms with Crippen molar-refractivity contribution < 1.29 is 4.74 Å². The fraction of sp³-hybridized carbons (Fsp3) is 0.308. The van der Waals surface area contributed by atoms with E-state index in [1.165, 1.54) is 0 Å². The maximum atomic E-state index is 5.67. The minimum atomic E-state index is 0.117. The third-order valence-electron chi connectivity index (χ3n) is 2.20. The maximum absolute atomic E-state index is 5.67.